The molecule has 5 heteroatoms. The van der Waals surface area contributed by atoms with Gasteiger partial charge >= 0.3 is 0 Å². The average Bonchev–Trinajstić information content (AvgIpc) is 2.92. The molecule has 1 amide bonds. The summed E-state index contributed by atoms with van der Waals surface area (Å²) in [6.45, 7) is 3.95. The van der Waals surface area contributed by atoms with E-state index in [4.69, 9.17) is 0 Å². The molecule has 0 aliphatic rings. The van der Waals surface area contributed by atoms with Crippen molar-refractivity contribution >= 4 is 38.4 Å². The summed E-state index contributed by atoms with van der Waals surface area (Å²) in [5.41, 5.74) is 2.13. The van der Waals surface area contributed by atoms with Gasteiger partial charge in [-0.25, -0.2) is 4.39 Å². The van der Waals surface area contributed by atoms with Gasteiger partial charge in [0.05, 0.1) is 5.69 Å². The van der Waals surface area contributed by atoms with Crippen LogP contribution in [0.1, 0.15) is 5.56 Å². The third kappa shape index (κ3) is 3.35. The van der Waals surface area contributed by atoms with E-state index in [1.807, 2.05) is 30.5 Å². The summed E-state index contributed by atoms with van der Waals surface area (Å²) in [4.78, 5) is 11.4. The molecule has 23 heavy (non-hydrogen) atoms. The summed E-state index contributed by atoms with van der Waals surface area (Å²) in [5, 5.41) is 3.61. The largest absolute Gasteiger partial charge is 0.343 e. The number of nitrogens with zero attached hydrogens (tertiary/aromatic N) is 1. The van der Waals surface area contributed by atoms with E-state index < -0.39 is 11.7 Å². The van der Waals surface area contributed by atoms with Crippen molar-refractivity contribution in [3.05, 3.63) is 77.2 Å². The number of aromatic nitrogens is 1. The van der Waals surface area contributed by atoms with Crippen LogP contribution in [-0.2, 0) is 11.3 Å². The van der Waals surface area contributed by atoms with Crippen LogP contribution in [-0.4, -0.2) is 10.5 Å². The summed E-state index contributed by atoms with van der Waals surface area (Å²) < 4.78 is 16.9. The number of nitrogens with one attached hydrogen (secondary N) is 1. The lowest BCUT2D eigenvalue weighted by Crippen LogP contribution is -2.09. The fourth-order valence-electron chi connectivity index (χ4n) is 2.44. The smallest absolute Gasteiger partial charge is 0.247 e. The number of amides is 1. The number of halogens is 2. The molecule has 0 spiro atoms. The van der Waals surface area contributed by atoms with Gasteiger partial charge in [-0.15, -0.1) is 0 Å². The second-order valence-electron chi connectivity index (χ2n) is 5.15. The fraction of sp³-hybridized carbons (Fsp3) is 0.0556. The van der Waals surface area contributed by atoms with E-state index >= 15 is 0 Å². The topological polar surface area (TPSA) is 34.0 Å². The van der Waals surface area contributed by atoms with Crippen molar-refractivity contribution < 1.29 is 9.18 Å². The summed E-state index contributed by atoms with van der Waals surface area (Å²) in [7, 11) is 0. The minimum absolute atomic E-state index is 0.157. The standard InChI is InChI=1S/C18H14BrFN2O/c1-2-18(23)21-16-9-12(3-6-15(16)20)11-22-8-7-13-4-5-14(19)10-17(13)22/h2-10H,1,11H2,(H,21,23). The number of anilines is 1. The predicted octanol–water partition coefficient (Wildman–Crippen LogP) is 4.72. The zero-order valence-electron chi connectivity index (χ0n) is 12.2. The maximum Gasteiger partial charge on any atom is 0.247 e. The Bertz CT molecular complexity index is 901. The van der Waals surface area contributed by atoms with Crippen molar-refractivity contribution in [2.75, 3.05) is 5.32 Å². The molecular formula is C18H14BrFN2O. The van der Waals surface area contributed by atoms with Gasteiger partial charge in [0.25, 0.3) is 0 Å². The Hall–Kier alpha value is -2.40. The number of rotatable bonds is 4. The second-order valence-corrected chi connectivity index (χ2v) is 6.07. The van der Waals surface area contributed by atoms with Crippen LogP contribution in [0.15, 0.2) is 65.8 Å². The molecule has 0 radical (unpaired) electrons. The molecule has 0 atom stereocenters. The van der Waals surface area contributed by atoms with Crippen molar-refractivity contribution in [1.29, 1.82) is 0 Å². The highest BCUT2D eigenvalue weighted by Gasteiger charge is 2.08. The molecule has 0 bridgehead atoms. The number of fused-ring (bicyclic) bond motifs is 1. The van der Waals surface area contributed by atoms with Crippen molar-refractivity contribution in [3.8, 4) is 0 Å². The quantitative estimate of drug-likeness (QED) is 0.660. The molecule has 1 N–H and O–H groups in total. The van der Waals surface area contributed by atoms with E-state index in [1.54, 1.807) is 12.1 Å². The van der Waals surface area contributed by atoms with Crippen LogP contribution >= 0.6 is 15.9 Å². The molecule has 0 saturated heterocycles. The third-order valence-electron chi connectivity index (χ3n) is 3.56. The molecule has 2 aromatic carbocycles. The van der Waals surface area contributed by atoms with E-state index in [-0.39, 0.29) is 5.69 Å². The van der Waals surface area contributed by atoms with Crippen LogP contribution < -0.4 is 5.32 Å². The lowest BCUT2D eigenvalue weighted by Gasteiger charge is -2.09. The highest BCUT2D eigenvalue weighted by molar-refractivity contribution is 9.10. The molecular weight excluding hydrogens is 359 g/mol. The lowest BCUT2D eigenvalue weighted by molar-refractivity contribution is -0.111. The van der Waals surface area contributed by atoms with Gasteiger partial charge in [0, 0.05) is 22.7 Å². The van der Waals surface area contributed by atoms with Crippen molar-refractivity contribution in [3.63, 3.8) is 0 Å². The number of hydrogen-bond acceptors (Lipinski definition) is 1. The Kier molecular flexibility index (Phi) is 4.30. The van der Waals surface area contributed by atoms with Crippen molar-refractivity contribution in [2.45, 2.75) is 6.54 Å². The third-order valence-corrected chi connectivity index (χ3v) is 4.06. The Morgan fingerprint density at radius 3 is 2.87 bits per heavy atom. The molecule has 1 aromatic heterocycles. The first-order valence-corrected chi connectivity index (χ1v) is 7.82. The van der Waals surface area contributed by atoms with E-state index in [9.17, 15) is 9.18 Å². The minimum atomic E-state index is -0.468. The maximum atomic E-state index is 13.8. The molecule has 0 aliphatic carbocycles. The maximum absolute atomic E-state index is 13.8. The molecule has 3 nitrogen and oxygen atoms in total. The first-order valence-electron chi connectivity index (χ1n) is 7.03. The van der Waals surface area contributed by atoms with Crippen LogP contribution in [0, 0.1) is 5.82 Å². The van der Waals surface area contributed by atoms with E-state index in [1.165, 1.54) is 6.07 Å². The Balaban J connectivity index is 1.92. The van der Waals surface area contributed by atoms with Crippen LogP contribution in [0.5, 0.6) is 0 Å². The van der Waals surface area contributed by atoms with Crippen LogP contribution in [0.2, 0.25) is 0 Å². The molecule has 1 heterocycles. The van der Waals surface area contributed by atoms with Gasteiger partial charge in [-0.1, -0.05) is 34.6 Å². The molecule has 0 fully saturated rings. The van der Waals surface area contributed by atoms with Gasteiger partial charge in [0.15, 0.2) is 0 Å². The zero-order valence-corrected chi connectivity index (χ0v) is 13.8. The summed E-state index contributed by atoms with van der Waals surface area (Å²) in [6, 6.07) is 12.8. The van der Waals surface area contributed by atoms with Crippen LogP contribution in [0.3, 0.4) is 0 Å². The molecule has 3 aromatic rings. The normalized spacial score (nSPS) is 10.7. The number of hydrogen-bond donors (Lipinski definition) is 1. The molecule has 0 aliphatic heterocycles. The number of carbonyl (C=O) groups is 1. The molecule has 3 rings (SSSR count). The molecule has 0 unspecified atom stereocenters. The first kappa shape index (κ1) is 15.5. The molecule has 116 valence electrons. The Morgan fingerprint density at radius 1 is 1.26 bits per heavy atom. The lowest BCUT2D eigenvalue weighted by atomic mass is 10.2. The van der Waals surface area contributed by atoms with Crippen LogP contribution in [0.25, 0.3) is 10.9 Å². The summed E-state index contributed by atoms with van der Waals surface area (Å²) >= 11 is 3.47. The van der Waals surface area contributed by atoms with E-state index in [0.29, 0.717) is 6.54 Å². The van der Waals surface area contributed by atoms with Crippen LogP contribution in [0.4, 0.5) is 10.1 Å². The zero-order chi connectivity index (χ0) is 16.4. The summed E-state index contributed by atoms with van der Waals surface area (Å²) in [6.07, 6.45) is 3.10. The summed E-state index contributed by atoms with van der Waals surface area (Å²) in [5.74, 6) is -0.902. The Labute approximate surface area is 141 Å². The SMILES string of the molecule is C=CC(=O)Nc1cc(Cn2ccc3ccc(Br)cc32)ccc1F. The predicted molar refractivity (Wildman–Crippen MR) is 94.0 cm³/mol. The highest BCUT2D eigenvalue weighted by Crippen LogP contribution is 2.23. The highest BCUT2D eigenvalue weighted by atomic mass is 79.9. The van der Waals surface area contributed by atoms with Gasteiger partial charge in [-0.05, 0) is 47.4 Å². The molecule has 0 saturated carbocycles. The van der Waals surface area contributed by atoms with Gasteiger partial charge in [0.1, 0.15) is 5.82 Å². The van der Waals surface area contributed by atoms with Crippen molar-refractivity contribution in [1.82, 2.24) is 4.57 Å². The fourth-order valence-corrected chi connectivity index (χ4v) is 2.79. The van der Waals surface area contributed by atoms with E-state index in [0.717, 1.165) is 27.0 Å². The number of benzene rings is 2. The monoisotopic (exact) mass is 372 g/mol. The second kappa shape index (κ2) is 6.38. The van der Waals surface area contributed by atoms with Gasteiger partial charge < -0.3 is 9.88 Å². The van der Waals surface area contributed by atoms with Gasteiger partial charge in [-0.3, -0.25) is 4.79 Å². The number of carbonyl (C=O) groups excluding carboxylic acids is 1. The first-order chi connectivity index (χ1) is 11.1. The Morgan fingerprint density at radius 2 is 2.09 bits per heavy atom. The van der Waals surface area contributed by atoms with Crippen molar-refractivity contribution in [2.24, 2.45) is 0 Å². The minimum Gasteiger partial charge on any atom is -0.343 e. The van der Waals surface area contributed by atoms with Gasteiger partial charge in [0.2, 0.25) is 5.91 Å². The average molecular weight is 373 g/mol. The van der Waals surface area contributed by atoms with Gasteiger partial charge in [-0.2, -0.15) is 0 Å². The van der Waals surface area contributed by atoms with E-state index in [2.05, 4.69) is 32.4 Å².